The summed E-state index contributed by atoms with van der Waals surface area (Å²) in [5, 5.41) is 12.9. The van der Waals surface area contributed by atoms with Crippen molar-refractivity contribution in [2.45, 2.75) is 45.5 Å². The summed E-state index contributed by atoms with van der Waals surface area (Å²) in [6, 6.07) is 1.59. The lowest BCUT2D eigenvalue weighted by molar-refractivity contribution is 0.0400. The Morgan fingerprint density at radius 3 is 2.56 bits per heavy atom. The zero-order valence-electron chi connectivity index (χ0n) is 17.8. The molecule has 0 spiro atoms. The number of amides is 2. The third kappa shape index (κ3) is 3.54. The molecule has 2 aromatic rings. The van der Waals surface area contributed by atoms with Gasteiger partial charge in [-0.3, -0.25) is 14.4 Å². The predicted octanol–water partition coefficient (Wildman–Crippen LogP) is 1.87. The summed E-state index contributed by atoms with van der Waals surface area (Å²) in [6.07, 6.45) is 0.840. The van der Waals surface area contributed by atoms with Crippen molar-refractivity contribution < 1.29 is 28.2 Å². The Bertz CT molecular complexity index is 1160. The molecule has 2 amide bonds. The fourth-order valence-corrected chi connectivity index (χ4v) is 4.17. The average Bonchev–Trinajstić information content (AvgIpc) is 2.85. The minimum absolute atomic E-state index is 0.206. The van der Waals surface area contributed by atoms with E-state index in [1.54, 1.807) is 6.92 Å². The third-order valence-electron chi connectivity index (χ3n) is 6.04. The number of benzene rings is 1. The minimum atomic E-state index is -1.03. The smallest absolute Gasteiger partial charge is 0.274 e. The first-order valence-electron chi connectivity index (χ1n) is 10.2. The average molecular weight is 447 g/mol. The predicted molar refractivity (Wildman–Crippen MR) is 110 cm³/mol. The van der Waals surface area contributed by atoms with Crippen LogP contribution in [0.4, 0.5) is 8.78 Å². The highest BCUT2D eigenvalue weighted by molar-refractivity contribution is 5.99. The van der Waals surface area contributed by atoms with Crippen molar-refractivity contribution in [1.82, 2.24) is 14.8 Å². The molecule has 10 heteroatoms. The van der Waals surface area contributed by atoms with Crippen LogP contribution in [-0.4, -0.2) is 51.7 Å². The van der Waals surface area contributed by atoms with Crippen molar-refractivity contribution >= 4 is 11.8 Å². The van der Waals surface area contributed by atoms with Gasteiger partial charge >= 0.3 is 0 Å². The van der Waals surface area contributed by atoms with Crippen LogP contribution in [0.1, 0.15) is 51.9 Å². The molecule has 0 radical (unpaired) electrons. The first-order valence-corrected chi connectivity index (χ1v) is 10.2. The van der Waals surface area contributed by atoms with Gasteiger partial charge in [0.1, 0.15) is 17.2 Å². The number of ether oxygens (including phenoxy) is 1. The highest BCUT2D eigenvalue weighted by Crippen LogP contribution is 2.32. The Labute approximate surface area is 182 Å². The number of hydrogen-bond acceptors (Lipinski definition) is 5. The fraction of sp³-hybridized carbons (Fsp3) is 0.409. The maximum Gasteiger partial charge on any atom is 0.274 e. The molecule has 2 N–H and O–H groups in total. The van der Waals surface area contributed by atoms with E-state index in [2.05, 4.69) is 5.32 Å². The molecule has 3 heterocycles. The molecule has 1 fully saturated rings. The largest absolute Gasteiger partial charge is 0.503 e. The molecule has 2 aliphatic heterocycles. The van der Waals surface area contributed by atoms with E-state index < -0.39 is 52.8 Å². The van der Waals surface area contributed by atoms with E-state index >= 15 is 0 Å². The van der Waals surface area contributed by atoms with Crippen LogP contribution >= 0.6 is 0 Å². The lowest BCUT2D eigenvalue weighted by atomic mass is 10.0. The van der Waals surface area contributed by atoms with Gasteiger partial charge in [0.2, 0.25) is 5.43 Å². The van der Waals surface area contributed by atoms with Crippen LogP contribution in [0.25, 0.3) is 0 Å². The highest BCUT2D eigenvalue weighted by atomic mass is 19.1. The molecule has 3 atom stereocenters. The van der Waals surface area contributed by atoms with Crippen LogP contribution in [0.5, 0.6) is 5.75 Å². The molecule has 8 nitrogen and oxygen atoms in total. The molecule has 2 aliphatic rings. The molecule has 4 rings (SSSR count). The molecular formula is C22H23F2N3O5. The Hall–Kier alpha value is -3.27. The molecule has 1 aromatic carbocycles. The van der Waals surface area contributed by atoms with E-state index in [0.29, 0.717) is 12.2 Å². The summed E-state index contributed by atoms with van der Waals surface area (Å²) in [7, 11) is 0. The summed E-state index contributed by atoms with van der Waals surface area (Å²) in [4.78, 5) is 39.9. The summed E-state index contributed by atoms with van der Waals surface area (Å²) < 4.78 is 35.3. The lowest BCUT2D eigenvalue weighted by Crippen LogP contribution is -2.49. The number of carbonyl (C=O) groups excluding carboxylic acids is 2. The number of halogens is 2. The fourth-order valence-electron chi connectivity index (χ4n) is 4.17. The molecule has 170 valence electrons. The van der Waals surface area contributed by atoms with E-state index in [0.717, 1.165) is 12.1 Å². The molecule has 0 aliphatic carbocycles. The number of nitrogens with zero attached hydrogens (tertiary/aromatic N) is 2. The van der Waals surface area contributed by atoms with Crippen molar-refractivity contribution in [3.8, 4) is 5.75 Å². The van der Waals surface area contributed by atoms with E-state index in [1.165, 1.54) is 22.6 Å². The number of aromatic hydroxyl groups is 1. The Kier molecular flexibility index (Phi) is 5.49. The highest BCUT2D eigenvalue weighted by Gasteiger charge is 2.41. The van der Waals surface area contributed by atoms with Gasteiger partial charge in [0, 0.05) is 24.8 Å². The molecule has 3 unspecified atom stereocenters. The van der Waals surface area contributed by atoms with Gasteiger partial charge in [-0.05, 0) is 38.5 Å². The van der Waals surface area contributed by atoms with E-state index in [4.69, 9.17) is 4.74 Å². The topological polar surface area (TPSA) is 101 Å². The monoisotopic (exact) mass is 447 g/mol. The first kappa shape index (κ1) is 21.9. The molecular weight excluding hydrogens is 424 g/mol. The number of hydrogen-bond donors (Lipinski definition) is 2. The van der Waals surface area contributed by atoms with Crippen LogP contribution in [0.15, 0.2) is 23.1 Å². The van der Waals surface area contributed by atoms with Crippen molar-refractivity contribution in [2.24, 2.45) is 0 Å². The first-order chi connectivity index (χ1) is 15.1. The number of fused-ring (bicyclic) bond motifs is 4. The van der Waals surface area contributed by atoms with Gasteiger partial charge in [-0.15, -0.1) is 0 Å². The van der Waals surface area contributed by atoms with Gasteiger partial charge in [-0.2, -0.15) is 0 Å². The van der Waals surface area contributed by atoms with Gasteiger partial charge < -0.3 is 24.6 Å². The van der Waals surface area contributed by atoms with Gasteiger partial charge in [-0.25, -0.2) is 8.78 Å². The zero-order valence-corrected chi connectivity index (χ0v) is 17.8. The van der Waals surface area contributed by atoms with Crippen molar-refractivity contribution in [1.29, 1.82) is 0 Å². The Morgan fingerprint density at radius 1 is 1.25 bits per heavy atom. The summed E-state index contributed by atoms with van der Waals surface area (Å²) in [6.45, 7) is 5.24. The molecule has 1 aromatic heterocycles. The number of nitrogens with one attached hydrogen (secondary N) is 1. The number of aromatic nitrogens is 1. The quantitative estimate of drug-likeness (QED) is 0.748. The zero-order chi connectivity index (χ0) is 23.3. The number of pyridine rings is 1. The summed E-state index contributed by atoms with van der Waals surface area (Å²) in [5.41, 5.74) is -1.64. The molecule has 2 bridgehead atoms. The standard InChI is InChI=1S/C22H23F2N3O5/c1-10-4-15(23)13(16(24)5-10)6-25-21(30)14-7-27-17-8-26(11(2)9-32-12(17)3)22(31)18(27)20(29)19(14)28/h4-5,7,11-12,17,29H,6,8-9H2,1-3H3,(H,25,30). The third-order valence-corrected chi connectivity index (χ3v) is 6.04. The van der Waals surface area contributed by atoms with Crippen molar-refractivity contribution in [2.75, 3.05) is 13.2 Å². The Morgan fingerprint density at radius 2 is 1.91 bits per heavy atom. The normalized spacial score (nSPS) is 22.3. The van der Waals surface area contributed by atoms with E-state index in [-0.39, 0.29) is 29.9 Å². The number of aryl methyl sites for hydroxylation is 1. The van der Waals surface area contributed by atoms with Crippen LogP contribution in [-0.2, 0) is 11.3 Å². The van der Waals surface area contributed by atoms with Gasteiger partial charge in [0.15, 0.2) is 11.4 Å². The SMILES string of the molecule is Cc1cc(F)c(CNC(=O)c2cn3c(c(O)c2=O)C(=O)N2CC3C(C)OCC2C)c(F)c1. The lowest BCUT2D eigenvalue weighted by Gasteiger charge is -2.37. The van der Waals surface area contributed by atoms with Crippen LogP contribution in [0.2, 0.25) is 0 Å². The van der Waals surface area contributed by atoms with Crippen molar-refractivity contribution in [3.05, 3.63) is 62.6 Å². The second-order valence-electron chi connectivity index (χ2n) is 8.28. The van der Waals surface area contributed by atoms with Crippen LogP contribution in [0.3, 0.4) is 0 Å². The van der Waals surface area contributed by atoms with Gasteiger partial charge in [0.25, 0.3) is 11.8 Å². The van der Waals surface area contributed by atoms with Gasteiger partial charge in [0.05, 0.1) is 24.8 Å². The number of rotatable bonds is 3. The molecule has 32 heavy (non-hydrogen) atoms. The molecule has 0 saturated carbocycles. The van der Waals surface area contributed by atoms with Crippen LogP contribution < -0.4 is 10.7 Å². The van der Waals surface area contributed by atoms with E-state index in [9.17, 15) is 28.3 Å². The molecule has 1 saturated heterocycles. The summed E-state index contributed by atoms with van der Waals surface area (Å²) in [5.74, 6) is -3.94. The van der Waals surface area contributed by atoms with Crippen molar-refractivity contribution in [3.63, 3.8) is 0 Å². The second-order valence-corrected chi connectivity index (χ2v) is 8.28. The van der Waals surface area contributed by atoms with Crippen LogP contribution in [0, 0.1) is 18.6 Å². The minimum Gasteiger partial charge on any atom is -0.503 e. The van der Waals surface area contributed by atoms with E-state index in [1.807, 2.05) is 6.92 Å². The number of carbonyl (C=O) groups is 2. The Balaban J connectivity index is 1.70. The second kappa shape index (κ2) is 8.01. The summed E-state index contributed by atoms with van der Waals surface area (Å²) >= 11 is 0. The van der Waals surface area contributed by atoms with Gasteiger partial charge in [-0.1, -0.05) is 0 Å². The maximum atomic E-state index is 14.1. The maximum absolute atomic E-state index is 14.1.